The SMILES string of the molecule is CCCN1C(=O)CCOc2ccccc21.COC(CCC/C=C/C(C)(C)C)C(N)=O. The van der Waals surface area contributed by atoms with Gasteiger partial charge in [-0.3, -0.25) is 9.59 Å². The molecule has 2 rings (SSSR count). The molecule has 168 valence electrons. The Balaban J connectivity index is 0.000000300. The molecule has 1 aliphatic heterocycles. The van der Waals surface area contributed by atoms with E-state index >= 15 is 0 Å². The van der Waals surface area contributed by atoms with E-state index in [0.29, 0.717) is 19.4 Å². The van der Waals surface area contributed by atoms with E-state index in [1.54, 1.807) is 0 Å². The van der Waals surface area contributed by atoms with Crippen LogP contribution in [-0.2, 0) is 14.3 Å². The average Bonchev–Trinajstić information content (AvgIpc) is 2.83. The van der Waals surface area contributed by atoms with Crippen molar-refractivity contribution in [3.8, 4) is 5.75 Å². The summed E-state index contributed by atoms with van der Waals surface area (Å²) in [5.74, 6) is 0.593. The number of nitrogens with zero attached hydrogens (tertiary/aromatic N) is 1. The van der Waals surface area contributed by atoms with Gasteiger partial charge in [0.25, 0.3) is 0 Å². The summed E-state index contributed by atoms with van der Waals surface area (Å²) in [4.78, 5) is 24.5. The van der Waals surface area contributed by atoms with Crippen LogP contribution in [0.25, 0.3) is 0 Å². The van der Waals surface area contributed by atoms with Gasteiger partial charge in [0.1, 0.15) is 11.9 Å². The maximum Gasteiger partial charge on any atom is 0.246 e. The summed E-state index contributed by atoms with van der Waals surface area (Å²) in [6.07, 6.45) is 7.90. The van der Waals surface area contributed by atoms with Crippen molar-refractivity contribution < 1.29 is 19.1 Å². The minimum absolute atomic E-state index is 0.154. The van der Waals surface area contributed by atoms with Crippen LogP contribution in [0.1, 0.15) is 59.8 Å². The third-order valence-electron chi connectivity index (χ3n) is 4.53. The van der Waals surface area contributed by atoms with Crippen LogP contribution >= 0.6 is 0 Å². The Bertz CT molecular complexity index is 695. The smallest absolute Gasteiger partial charge is 0.246 e. The van der Waals surface area contributed by atoms with Gasteiger partial charge in [-0.2, -0.15) is 0 Å². The molecule has 1 aromatic carbocycles. The first kappa shape index (κ1) is 25.7. The molecule has 1 aliphatic rings. The molecule has 1 unspecified atom stereocenters. The Kier molecular flexibility index (Phi) is 11.2. The molecule has 0 aliphatic carbocycles. The summed E-state index contributed by atoms with van der Waals surface area (Å²) >= 11 is 0. The second kappa shape index (κ2) is 13.1. The number of para-hydroxylation sites is 2. The number of unbranched alkanes of at least 4 members (excludes halogenated alkanes) is 1. The van der Waals surface area contributed by atoms with E-state index in [0.717, 1.165) is 37.2 Å². The Morgan fingerprint density at radius 2 is 2.03 bits per heavy atom. The van der Waals surface area contributed by atoms with Crippen molar-refractivity contribution in [2.24, 2.45) is 11.1 Å². The van der Waals surface area contributed by atoms with Gasteiger partial charge in [0.05, 0.1) is 18.7 Å². The van der Waals surface area contributed by atoms with Crippen LogP contribution in [-0.4, -0.2) is 38.2 Å². The first-order chi connectivity index (χ1) is 14.2. The summed E-state index contributed by atoms with van der Waals surface area (Å²) in [5, 5.41) is 0. The molecule has 6 nitrogen and oxygen atoms in total. The third kappa shape index (κ3) is 9.44. The monoisotopic (exact) mass is 418 g/mol. The molecule has 30 heavy (non-hydrogen) atoms. The molecular formula is C24H38N2O4. The number of nitrogens with two attached hydrogens (primary N) is 1. The molecule has 1 atom stereocenters. The summed E-state index contributed by atoms with van der Waals surface area (Å²) in [6.45, 7) is 9.79. The predicted molar refractivity (Wildman–Crippen MR) is 122 cm³/mol. The fourth-order valence-corrected chi connectivity index (χ4v) is 3.02. The quantitative estimate of drug-likeness (QED) is 0.499. The van der Waals surface area contributed by atoms with Crippen molar-refractivity contribution in [2.45, 2.75) is 65.9 Å². The number of hydrogen-bond acceptors (Lipinski definition) is 4. The molecule has 6 heteroatoms. The van der Waals surface area contributed by atoms with E-state index in [1.165, 1.54) is 7.11 Å². The molecule has 0 fully saturated rings. The number of anilines is 1. The number of allylic oxidation sites excluding steroid dienone is 2. The second-order valence-electron chi connectivity index (χ2n) is 8.44. The standard InChI is InChI=1S/C12H15NO2.C12H23NO2/c1-2-8-13-10-5-3-4-6-11(10)15-9-7-12(13)14;1-12(2,3)9-7-5-6-8-10(15-4)11(13)14/h3-6H,2,7-9H2,1H3;7,9-10H,5-6,8H2,1-4H3,(H2,13,14)/b;9-7+. The first-order valence-corrected chi connectivity index (χ1v) is 10.7. The van der Waals surface area contributed by atoms with Gasteiger partial charge in [0, 0.05) is 13.7 Å². The predicted octanol–water partition coefficient (Wildman–Crippen LogP) is 4.47. The Hall–Kier alpha value is -2.34. The van der Waals surface area contributed by atoms with Gasteiger partial charge < -0.3 is 20.1 Å². The second-order valence-corrected chi connectivity index (χ2v) is 8.44. The molecule has 0 bridgehead atoms. The minimum Gasteiger partial charge on any atom is -0.491 e. The lowest BCUT2D eigenvalue weighted by molar-refractivity contribution is -0.128. The van der Waals surface area contributed by atoms with E-state index in [2.05, 4.69) is 39.8 Å². The number of ether oxygens (including phenoxy) is 2. The average molecular weight is 419 g/mol. The Labute approximate surface area is 181 Å². The minimum atomic E-state index is -0.437. The largest absolute Gasteiger partial charge is 0.491 e. The van der Waals surface area contributed by atoms with Crippen molar-refractivity contribution in [1.29, 1.82) is 0 Å². The number of carbonyl (C=O) groups excluding carboxylic acids is 2. The maximum absolute atomic E-state index is 11.8. The van der Waals surface area contributed by atoms with Crippen LogP contribution in [0.4, 0.5) is 5.69 Å². The molecule has 0 saturated carbocycles. The first-order valence-electron chi connectivity index (χ1n) is 10.7. The molecule has 0 radical (unpaired) electrons. The van der Waals surface area contributed by atoms with Gasteiger partial charge in [-0.25, -0.2) is 0 Å². The fourth-order valence-electron chi connectivity index (χ4n) is 3.02. The third-order valence-corrected chi connectivity index (χ3v) is 4.53. The molecule has 2 amide bonds. The highest BCUT2D eigenvalue weighted by molar-refractivity contribution is 5.95. The number of benzene rings is 1. The van der Waals surface area contributed by atoms with Gasteiger partial charge in [-0.1, -0.05) is 52.0 Å². The number of amides is 2. The van der Waals surface area contributed by atoms with Crippen LogP contribution in [0.15, 0.2) is 36.4 Å². The van der Waals surface area contributed by atoms with Crippen LogP contribution in [0, 0.1) is 5.41 Å². The molecule has 0 spiro atoms. The lowest BCUT2D eigenvalue weighted by Gasteiger charge is -2.20. The zero-order chi connectivity index (χ0) is 22.6. The highest BCUT2D eigenvalue weighted by Gasteiger charge is 2.21. The zero-order valence-corrected chi connectivity index (χ0v) is 19.1. The van der Waals surface area contributed by atoms with Crippen LogP contribution < -0.4 is 15.4 Å². The highest BCUT2D eigenvalue weighted by Crippen LogP contribution is 2.30. The molecule has 1 aromatic rings. The van der Waals surface area contributed by atoms with E-state index in [4.69, 9.17) is 15.2 Å². The summed E-state index contributed by atoms with van der Waals surface area (Å²) in [6, 6.07) is 7.72. The van der Waals surface area contributed by atoms with Crippen molar-refractivity contribution in [3.05, 3.63) is 36.4 Å². The van der Waals surface area contributed by atoms with Gasteiger partial charge in [-0.05, 0) is 43.2 Å². The van der Waals surface area contributed by atoms with Gasteiger partial charge >= 0.3 is 0 Å². The lowest BCUT2D eigenvalue weighted by atomic mass is 9.95. The zero-order valence-electron chi connectivity index (χ0n) is 19.1. The normalized spacial score (nSPS) is 15.0. The number of rotatable bonds is 8. The number of carbonyl (C=O) groups is 2. The number of primary amides is 1. The van der Waals surface area contributed by atoms with E-state index in [1.807, 2.05) is 29.2 Å². The Morgan fingerprint density at radius 1 is 1.33 bits per heavy atom. The van der Waals surface area contributed by atoms with E-state index in [9.17, 15) is 9.59 Å². The summed E-state index contributed by atoms with van der Waals surface area (Å²) in [5.41, 5.74) is 6.28. The van der Waals surface area contributed by atoms with Gasteiger partial charge in [0.2, 0.25) is 11.8 Å². The number of hydrogen-bond donors (Lipinski definition) is 1. The summed E-state index contributed by atoms with van der Waals surface area (Å²) < 4.78 is 10.5. The van der Waals surface area contributed by atoms with Crippen LogP contribution in [0.3, 0.4) is 0 Å². The molecule has 0 aromatic heterocycles. The topological polar surface area (TPSA) is 81.9 Å². The molecule has 1 heterocycles. The van der Waals surface area contributed by atoms with E-state index in [-0.39, 0.29) is 17.2 Å². The van der Waals surface area contributed by atoms with Crippen molar-refractivity contribution in [2.75, 3.05) is 25.2 Å². The van der Waals surface area contributed by atoms with Gasteiger partial charge in [0.15, 0.2) is 0 Å². The number of fused-ring (bicyclic) bond motifs is 1. The van der Waals surface area contributed by atoms with Crippen molar-refractivity contribution in [3.63, 3.8) is 0 Å². The fraction of sp³-hybridized carbons (Fsp3) is 0.583. The molecular weight excluding hydrogens is 380 g/mol. The highest BCUT2D eigenvalue weighted by atomic mass is 16.5. The maximum atomic E-state index is 11.8. The number of methoxy groups -OCH3 is 1. The van der Waals surface area contributed by atoms with Gasteiger partial charge in [-0.15, -0.1) is 0 Å². The Morgan fingerprint density at radius 3 is 2.63 bits per heavy atom. The molecule has 2 N–H and O–H groups in total. The van der Waals surface area contributed by atoms with Crippen molar-refractivity contribution >= 4 is 17.5 Å². The lowest BCUT2D eigenvalue weighted by Crippen LogP contribution is -2.30. The molecule has 0 saturated heterocycles. The summed E-state index contributed by atoms with van der Waals surface area (Å²) in [7, 11) is 1.51. The van der Waals surface area contributed by atoms with Crippen LogP contribution in [0.2, 0.25) is 0 Å². The van der Waals surface area contributed by atoms with Crippen molar-refractivity contribution in [1.82, 2.24) is 0 Å². The van der Waals surface area contributed by atoms with Crippen LogP contribution in [0.5, 0.6) is 5.75 Å². The van der Waals surface area contributed by atoms with E-state index < -0.39 is 6.10 Å².